The van der Waals surface area contributed by atoms with E-state index in [1.165, 1.54) is 11.1 Å². The summed E-state index contributed by atoms with van der Waals surface area (Å²) in [5.74, 6) is 0.512. The summed E-state index contributed by atoms with van der Waals surface area (Å²) >= 11 is 6.73. The van der Waals surface area contributed by atoms with Gasteiger partial charge in [0.2, 0.25) is 0 Å². The molecule has 0 bridgehead atoms. The molecule has 0 radical (unpaired) electrons. The van der Waals surface area contributed by atoms with Crippen molar-refractivity contribution in [2.75, 3.05) is 0 Å². The topological polar surface area (TPSA) is 40.5 Å². The van der Waals surface area contributed by atoms with Crippen molar-refractivity contribution in [1.29, 1.82) is 0 Å². The zero-order valence-corrected chi connectivity index (χ0v) is 13.2. The van der Waals surface area contributed by atoms with Crippen molar-refractivity contribution >= 4 is 31.9 Å². The van der Waals surface area contributed by atoms with Crippen molar-refractivity contribution in [3.63, 3.8) is 0 Å². The molecule has 0 atom stereocenters. The van der Waals surface area contributed by atoms with Crippen LogP contribution < -0.4 is 0 Å². The molecule has 3 rings (SSSR count). The Bertz CT molecular complexity index is 595. The Morgan fingerprint density at radius 1 is 0.789 bits per heavy atom. The van der Waals surface area contributed by atoms with Gasteiger partial charge in [-0.15, -0.1) is 0 Å². The van der Waals surface area contributed by atoms with E-state index < -0.39 is 0 Å². The lowest BCUT2D eigenvalue weighted by Crippen LogP contribution is -2.08. The second-order valence-corrected chi connectivity index (χ2v) is 6.62. The molecule has 0 aromatic heterocycles. The second kappa shape index (κ2) is 4.53. The Hall–Kier alpha value is -1.00. The first-order valence-electron chi connectivity index (χ1n) is 6.01. The summed E-state index contributed by atoms with van der Waals surface area (Å²) in [6.45, 7) is 0. The average molecular weight is 384 g/mol. The first kappa shape index (κ1) is 13.0. The fraction of sp³-hybridized carbons (Fsp3) is 0.200. The zero-order valence-electron chi connectivity index (χ0n) is 10.0. The van der Waals surface area contributed by atoms with Crippen molar-refractivity contribution in [2.45, 2.75) is 18.3 Å². The first-order chi connectivity index (χ1) is 9.03. The highest BCUT2D eigenvalue weighted by atomic mass is 79.9. The number of hydrogen-bond acceptors (Lipinski definition) is 2. The molecule has 2 N–H and O–H groups in total. The van der Waals surface area contributed by atoms with Gasteiger partial charge >= 0.3 is 0 Å². The molecule has 0 unspecified atom stereocenters. The van der Waals surface area contributed by atoms with Crippen molar-refractivity contribution in [2.24, 2.45) is 0 Å². The van der Waals surface area contributed by atoms with Gasteiger partial charge in [-0.2, -0.15) is 0 Å². The molecule has 2 nitrogen and oxygen atoms in total. The molecule has 1 fully saturated rings. The number of aromatic hydroxyl groups is 2. The highest BCUT2D eigenvalue weighted by molar-refractivity contribution is 9.10. The van der Waals surface area contributed by atoms with Gasteiger partial charge in [0.25, 0.3) is 0 Å². The molecule has 98 valence electrons. The van der Waals surface area contributed by atoms with Crippen LogP contribution in [0.3, 0.4) is 0 Å². The second-order valence-electron chi connectivity index (χ2n) is 4.91. The zero-order chi connectivity index (χ0) is 13.6. The van der Waals surface area contributed by atoms with E-state index in [4.69, 9.17) is 0 Å². The Balaban J connectivity index is 2.07. The van der Waals surface area contributed by atoms with Crippen LogP contribution in [0.25, 0.3) is 0 Å². The van der Waals surface area contributed by atoms with E-state index in [0.717, 1.165) is 12.8 Å². The summed E-state index contributed by atoms with van der Waals surface area (Å²) in [4.78, 5) is 0. The molecular weight excluding hydrogens is 372 g/mol. The third-order valence-electron chi connectivity index (χ3n) is 3.75. The summed E-state index contributed by atoms with van der Waals surface area (Å²) < 4.78 is 1.43. The molecular formula is C15H12Br2O2. The van der Waals surface area contributed by atoms with Crippen molar-refractivity contribution < 1.29 is 10.2 Å². The molecule has 2 aromatic rings. The van der Waals surface area contributed by atoms with Crippen LogP contribution in [0.4, 0.5) is 0 Å². The van der Waals surface area contributed by atoms with E-state index >= 15 is 0 Å². The highest BCUT2D eigenvalue weighted by Crippen LogP contribution is 2.55. The van der Waals surface area contributed by atoms with Crippen LogP contribution in [-0.4, -0.2) is 10.2 Å². The van der Waals surface area contributed by atoms with Gasteiger partial charge < -0.3 is 10.2 Å². The maximum absolute atomic E-state index is 9.59. The monoisotopic (exact) mass is 382 g/mol. The number of phenolic OH excluding ortho intramolecular Hbond substituents is 2. The third-order valence-corrected chi connectivity index (χ3v) is 5.02. The molecule has 0 aliphatic heterocycles. The Kier molecular flexibility index (Phi) is 3.10. The number of halogens is 2. The van der Waals surface area contributed by atoms with Gasteiger partial charge in [0.1, 0.15) is 11.5 Å². The minimum absolute atomic E-state index is 0.0203. The van der Waals surface area contributed by atoms with Crippen molar-refractivity contribution in [3.8, 4) is 11.5 Å². The molecule has 0 saturated heterocycles. The molecule has 19 heavy (non-hydrogen) atoms. The van der Waals surface area contributed by atoms with Crippen LogP contribution >= 0.6 is 31.9 Å². The van der Waals surface area contributed by atoms with Crippen LogP contribution in [0, 0.1) is 0 Å². The Labute approximate surface area is 128 Å². The normalized spacial score (nSPS) is 16.3. The molecule has 0 spiro atoms. The quantitative estimate of drug-likeness (QED) is 0.788. The van der Waals surface area contributed by atoms with E-state index in [2.05, 4.69) is 31.9 Å². The molecule has 1 aliphatic carbocycles. The standard InChI is InChI=1S/C15H12Br2O2/c16-11-7-9(1-3-13(11)18)15(5-6-15)10-2-4-14(19)12(17)8-10/h1-4,7-8,18-19H,5-6H2. The summed E-state index contributed by atoms with van der Waals surface area (Å²) in [7, 11) is 0. The maximum atomic E-state index is 9.59. The SMILES string of the molecule is Oc1ccc(C2(c3ccc(O)c(Br)c3)CC2)cc1Br. The van der Waals surface area contributed by atoms with Gasteiger partial charge in [-0.25, -0.2) is 0 Å². The lowest BCUT2D eigenvalue weighted by molar-refractivity contribution is 0.471. The minimum Gasteiger partial charge on any atom is -0.507 e. The molecule has 1 saturated carbocycles. The third kappa shape index (κ3) is 2.17. The van der Waals surface area contributed by atoms with Crippen molar-refractivity contribution in [3.05, 3.63) is 56.5 Å². The largest absolute Gasteiger partial charge is 0.507 e. The van der Waals surface area contributed by atoms with Gasteiger partial charge in [0, 0.05) is 5.41 Å². The average Bonchev–Trinajstić information content (AvgIpc) is 3.17. The Morgan fingerprint density at radius 2 is 1.21 bits per heavy atom. The van der Waals surface area contributed by atoms with Crippen LogP contribution in [0.5, 0.6) is 11.5 Å². The van der Waals surface area contributed by atoms with Gasteiger partial charge in [-0.05, 0) is 80.1 Å². The maximum Gasteiger partial charge on any atom is 0.129 e. The molecule has 2 aromatic carbocycles. The minimum atomic E-state index is 0.0203. The van der Waals surface area contributed by atoms with E-state index in [9.17, 15) is 10.2 Å². The van der Waals surface area contributed by atoms with Crippen LogP contribution in [0.1, 0.15) is 24.0 Å². The summed E-state index contributed by atoms with van der Waals surface area (Å²) in [6, 6.07) is 11.3. The van der Waals surface area contributed by atoms with E-state index in [1.54, 1.807) is 12.1 Å². The summed E-state index contributed by atoms with van der Waals surface area (Å²) in [6.07, 6.45) is 2.17. The van der Waals surface area contributed by atoms with Gasteiger partial charge in [0.05, 0.1) is 8.95 Å². The smallest absolute Gasteiger partial charge is 0.129 e. The lowest BCUT2D eigenvalue weighted by Gasteiger charge is -2.18. The molecule has 0 amide bonds. The van der Waals surface area contributed by atoms with Gasteiger partial charge in [-0.3, -0.25) is 0 Å². The number of phenols is 2. The van der Waals surface area contributed by atoms with Gasteiger partial charge in [-0.1, -0.05) is 12.1 Å². The predicted octanol–water partition coefficient (Wildman–Crippen LogP) is 4.70. The van der Waals surface area contributed by atoms with Crippen LogP contribution in [0.2, 0.25) is 0 Å². The van der Waals surface area contributed by atoms with Gasteiger partial charge in [0.15, 0.2) is 0 Å². The number of rotatable bonds is 2. The fourth-order valence-corrected chi connectivity index (χ4v) is 3.24. The molecule has 0 heterocycles. The van der Waals surface area contributed by atoms with E-state index in [0.29, 0.717) is 8.95 Å². The first-order valence-corrected chi connectivity index (χ1v) is 7.59. The van der Waals surface area contributed by atoms with E-state index in [-0.39, 0.29) is 16.9 Å². The van der Waals surface area contributed by atoms with Crippen molar-refractivity contribution in [1.82, 2.24) is 0 Å². The van der Waals surface area contributed by atoms with Crippen LogP contribution in [0.15, 0.2) is 45.3 Å². The molecule has 1 aliphatic rings. The lowest BCUT2D eigenvalue weighted by atomic mass is 9.88. The number of hydrogen-bond donors (Lipinski definition) is 2. The van der Waals surface area contributed by atoms with E-state index in [1.807, 2.05) is 24.3 Å². The Morgan fingerprint density at radius 3 is 1.53 bits per heavy atom. The number of benzene rings is 2. The summed E-state index contributed by atoms with van der Waals surface area (Å²) in [5, 5.41) is 19.2. The fourth-order valence-electron chi connectivity index (χ4n) is 2.48. The highest BCUT2D eigenvalue weighted by Gasteiger charge is 2.46. The predicted molar refractivity (Wildman–Crippen MR) is 81.6 cm³/mol. The molecule has 4 heteroatoms. The summed E-state index contributed by atoms with van der Waals surface area (Å²) in [5.41, 5.74) is 2.40. The van der Waals surface area contributed by atoms with Crippen LogP contribution in [-0.2, 0) is 5.41 Å².